The molecule has 0 atom stereocenters. The molecule has 1 saturated carbocycles. The minimum atomic E-state index is -0.596. The Balaban J connectivity index is 1.11. The number of rotatable bonds is 2. The van der Waals surface area contributed by atoms with Crippen molar-refractivity contribution in [3.8, 4) is 27.6 Å². The monoisotopic (exact) mass is 730 g/mol. The molecular formula is C40H18N4O5S3. The third-order valence-electron chi connectivity index (χ3n) is 10.0. The van der Waals surface area contributed by atoms with E-state index >= 15 is 0 Å². The number of ketones is 4. The van der Waals surface area contributed by atoms with Gasteiger partial charge in [0.15, 0.2) is 40.3 Å². The quantitative estimate of drug-likeness (QED) is 0.100. The van der Waals surface area contributed by atoms with Gasteiger partial charge in [-0.05, 0) is 62.1 Å². The number of benzene rings is 2. The molecule has 4 heterocycles. The van der Waals surface area contributed by atoms with Gasteiger partial charge in [0, 0.05) is 37.6 Å². The first-order valence-corrected chi connectivity index (χ1v) is 18.6. The van der Waals surface area contributed by atoms with E-state index in [1.807, 2.05) is 24.3 Å². The van der Waals surface area contributed by atoms with E-state index in [9.17, 15) is 29.7 Å². The highest BCUT2D eigenvalue weighted by atomic mass is 32.1. The second-order valence-corrected chi connectivity index (χ2v) is 16.1. The van der Waals surface area contributed by atoms with Crippen LogP contribution < -0.4 is 4.74 Å². The number of hydrogen-bond acceptors (Lipinski definition) is 10. The first kappa shape index (κ1) is 31.7. The van der Waals surface area contributed by atoms with Gasteiger partial charge in [0.1, 0.15) is 17.7 Å². The van der Waals surface area contributed by atoms with E-state index in [0.717, 1.165) is 67.4 Å². The van der Waals surface area contributed by atoms with E-state index in [0.29, 0.717) is 4.88 Å². The number of ether oxygens (including phenoxy) is 1. The van der Waals surface area contributed by atoms with Gasteiger partial charge in [0.25, 0.3) is 0 Å². The van der Waals surface area contributed by atoms with Crippen molar-refractivity contribution >= 4 is 90.1 Å². The smallest absolute Gasteiger partial charge is 0.197 e. The van der Waals surface area contributed by atoms with E-state index in [1.165, 1.54) is 58.3 Å². The van der Waals surface area contributed by atoms with Crippen LogP contribution in [0.5, 0.6) is 5.75 Å². The summed E-state index contributed by atoms with van der Waals surface area (Å²) >= 11 is 4.45. The summed E-state index contributed by atoms with van der Waals surface area (Å²) < 4.78 is 8.82. The molecule has 1 spiro atoms. The molecule has 4 aliphatic rings. The molecule has 1 fully saturated rings. The highest BCUT2D eigenvalue weighted by Crippen LogP contribution is 2.60. The highest BCUT2D eigenvalue weighted by molar-refractivity contribution is 7.32. The third kappa shape index (κ3) is 4.40. The minimum Gasteiger partial charge on any atom is -0.479 e. The number of allylic oxidation sites excluding steroid dienone is 2. The Kier molecular flexibility index (Phi) is 6.93. The van der Waals surface area contributed by atoms with Gasteiger partial charge >= 0.3 is 0 Å². The summed E-state index contributed by atoms with van der Waals surface area (Å²) in [7, 11) is 0. The van der Waals surface area contributed by atoms with E-state index in [4.69, 9.17) is 17.9 Å². The summed E-state index contributed by atoms with van der Waals surface area (Å²) in [6.45, 7) is 14.7. The van der Waals surface area contributed by atoms with Crippen molar-refractivity contribution in [1.82, 2.24) is 0 Å². The summed E-state index contributed by atoms with van der Waals surface area (Å²) in [5.74, 6) is -1.15. The summed E-state index contributed by atoms with van der Waals surface area (Å²) in [5, 5.41) is 18.9. The molecule has 246 valence electrons. The van der Waals surface area contributed by atoms with Crippen LogP contribution in [0.3, 0.4) is 0 Å². The van der Waals surface area contributed by atoms with Crippen LogP contribution in [0, 0.1) is 35.8 Å². The van der Waals surface area contributed by atoms with E-state index in [2.05, 4.69) is 9.69 Å². The number of nitriles is 2. The Morgan fingerprint density at radius 2 is 1.19 bits per heavy atom. The zero-order valence-corrected chi connectivity index (χ0v) is 29.2. The molecule has 1 aliphatic heterocycles. The summed E-state index contributed by atoms with van der Waals surface area (Å²) in [5.41, 5.74) is 1.10. The van der Waals surface area contributed by atoms with Gasteiger partial charge in [0.05, 0.1) is 54.6 Å². The molecule has 3 aliphatic carbocycles. The molecule has 0 bridgehead atoms. The Hall–Kier alpha value is -6.28. The third-order valence-corrected chi connectivity index (χ3v) is 13.6. The second-order valence-electron chi connectivity index (χ2n) is 12.9. The number of carbonyl (C=O) groups is 4. The van der Waals surface area contributed by atoms with E-state index in [-0.39, 0.29) is 55.9 Å². The van der Waals surface area contributed by atoms with Crippen LogP contribution in [0.2, 0.25) is 0 Å². The second kappa shape index (κ2) is 11.4. The SMILES string of the molecule is [C-]#[N+]c1cc2c(cc1[N+]#[C-])C(=O)C(=Cc1cc3sc4c(c3s1)OC1(CCCCC1)c1cc(C=C3C(=O)c5cc(C#N)c(C#N)cc5C3=O)sc1-4)C2=O. The molecule has 9 nitrogen and oxygen atoms in total. The van der Waals surface area contributed by atoms with Crippen LogP contribution in [0.4, 0.5) is 11.4 Å². The molecule has 3 aromatic heterocycles. The van der Waals surface area contributed by atoms with Crippen molar-refractivity contribution in [2.45, 2.75) is 37.7 Å². The van der Waals surface area contributed by atoms with Crippen LogP contribution in [0.1, 0.15) is 100.0 Å². The molecule has 9 rings (SSSR count). The molecule has 5 aromatic rings. The van der Waals surface area contributed by atoms with Gasteiger partial charge in [-0.1, -0.05) is 18.6 Å². The molecular weight excluding hydrogens is 713 g/mol. The normalized spacial score (nSPS) is 16.4. The Bertz CT molecular complexity index is 2720. The van der Waals surface area contributed by atoms with Crippen LogP contribution >= 0.6 is 34.0 Å². The molecule has 0 N–H and O–H groups in total. The lowest BCUT2D eigenvalue weighted by atomic mass is 9.78. The molecule has 0 saturated heterocycles. The van der Waals surface area contributed by atoms with Gasteiger partial charge in [0.2, 0.25) is 0 Å². The Labute approximate surface area is 307 Å². The fourth-order valence-electron chi connectivity index (χ4n) is 7.56. The van der Waals surface area contributed by atoms with Crippen molar-refractivity contribution in [1.29, 1.82) is 10.5 Å². The number of hydrogen-bond donors (Lipinski definition) is 0. The van der Waals surface area contributed by atoms with Crippen molar-refractivity contribution < 1.29 is 23.9 Å². The zero-order chi connectivity index (χ0) is 36.1. The van der Waals surface area contributed by atoms with Crippen molar-refractivity contribution in [3.05, 3.63) is 119 Å². The maximum atomic E-state index is 13.4. The highest BCUT2D eigenvalue weighted by Gasteiger charge is 2.45. The zero-order valence-electron chi connectivity index (χ0n) is 26.7. The average molecular weight is 731 g/mol. The topological polar surface area (TPSA) is 134 Å². The Morgan fingerprint density at radius 3 is 1.71 bits per heavy atom. The van der Waals surface area contributed by atoms with Crippen LogP contribution in [0.15, 0.2) is 47.5 Å². The molecule has 0 radical (unpaired) electrons. The summed E-state index contributed by atoms with van der Waals surface area (Å²) in [6, 6.07) is 13.1. The standard InChI is InChI=1S/C40H18N4O5S3/c1-43-29-14-24-25(15-30(29)44-2)35(48)27(34(24)47)11-21-13-31-38(51-21)36-39(52-31)37-28(40(49-36)6-4-3-5-7-40)12-20(50-37)10-26-32(45)22-8-18(16-41)19(17-42)9-23(22)33(26)46/h8-15H,3-7H2. The number of nitrogens with zero attached hydrogens (tertiary/aromatic N) is 4. The van der Waals surface area contributed by atoms with Gasteiger partial charge in [-0.15, -0.1) is 34.0 Å². The largest absolute Gasteiger partial charge is 0.479 e. The fraction of sp³-hybridized carbons (Fsp3) is 0.150. The lowest BCUT2D eigenvalue weighted by Crippen LogP contribution is -2.37. The van der Waals surface area contributed by atoms with E-state index in [1.54, 1.807) is 12.2 Å². The van der Waals surface area contributed by atoms with Crippen LogP contribution in [-0.2, 0) is 5.60 Å². The predicted octanol–water partition coefficient (Wildman–Crippen LogP) is 10.0. The molecule has 2 aromatic carbocycles. The van der Waals surface area contributed by atoms with Crippen molar-refractivity contribution in [2.24, 2.45) is 0 Å². The lowest BCUT2D eigenvalue weighted by Gasteiger charge is -2.40. The number of Topliss-reactive ketones (excluding diaryl/α,β-unsaturated/α-hetero) is 4. The molecule has 12 heteroatoms. The molecule has 52 heavy (non-hydrogen) atoms. The number of thiophene rings is 3. The van der Waals surface area contributed by atoms with Crippen LogP contribution in [0.25, 0.3) is 41.0 Å². The van der Waals surface area contributed by atoms with Crippen molar-refractivity contribution in [2.75, 3.05) is 0 Å². The van der Waals surface area contributed by atoms with Gasteiger partial charge in [-0.25, -0.2) is 0 Å². The first-order valence-electron chi connectivity index (χ1n) is 16.1. The maximum absolute atomic E-state index is 13.4. The molecule has 0 amide bonds. The number of fused-ring (bicyclic) bond motifs is 8. The minimum absolute atomic E-state index is 0.00922. The first-order chi connectivity index (χ1) is 25.2. The fourth-order valence-corrected chi connectivity index (χ4v) is 11.3. The Morgan fingerprint density at radius 1 is 0.673 bits per heavy atom. The number of carbonyl (C=O) groups excluding carboxylic acids is 4. The average Bonchev–Trinajstić information content (AvgIpc) is 3.95. The maximum Gasteiger partial charge on any atom is 0.197 e. The van der Waals surface area contributed by atoms with E-state index < -0.39 is 28.7 Å². The van der Waals surface area contributed by atoms with Crippen LogP contribution in [-0.4, -0.2) is 23.1 Å². The predicted molar refractivity (Wildman–Crippen MR) is 197 cm³/mol. The van der Waals surface area contributed by atoms with Gasteiger partial charge in [-0.2, -0.15) is 10.5 Å². The van der Waals surface area contributed by atoms with Gasteiger partial charge < -0.3 is 4.74 Å². The summed E-state index contributed by atoms with van der Waals surface area (Å²) in [4.78, 5) is 63.6. The molecule has 0 unspecified atom stereocenters. The van der Waals surface area contributed by atoms with Crippen molar-refractivity contribution in [3.63, 3.8) is 0 Å². The summed E-state index contributed by atoms with van der Waals surface area (Å²) in [6.07, 6.45) is 7.81. The van der Waals surface area contributed by atoms with Gasteiger partial charge in [-0.3, -0.25) is 28.9 Å². The lowest BCUT2D eigenvalue weighted by molar-refractivity contribution is 0.0267.